The van der Waals surface area contributed by atoms with E-state index in [4.69, 9.17) is 9.84 Å². The normalized spacial score (nSPS) is 21.9. The molecule has 0 bridgehead atoms. The molecule has 0 radical (unpaired) electrons. The molecule has 1 aromatic rings. The van der Waals surface area contributed by atoms with Gasteiger partial charge in [0.05, 0.1) is 11.5 Å². The third-order valence-corrected chi connectivity index (χ3v) is 4.73. The first-order valence-corrected chi connectivity index (χ1v) is 7.36. The first-order chi connectivity index (χ1) is 8.49. The number of ether oxygens (including phenoxy) is 1. The van der Waals surface area contributed by atoms with Crippen molar-refractivity contribution in [3.63, 3.8) is 0 Å². The average Bonchev–Trinajstić information content (AvgIpc) is 2.82. The van der Waals surface area contributed by atoms with E-state index in [0.717, 1.165) is 6.42 Å². The minimum atomic E-state index is -3.53. The minimum Gasteiger partial charge on any atom is -0.508 e. The van der Waals surface area contributed by atoms with Crippen LogP contribution in [0.25, 0.3) is 0 Å². The highest BCUT2D eigenvalue weighted by molar-refractivity contribution is 7.89. The van der Waals surface area contributed by atoms with Gasteiger partial charge in [0.25, 0.3) is 0 Å². The van der Waals surface area contributed by atoms with Gasteiger partial charge in [-0.3, -0.25) is 0 Å². The Kier molecular flexibility index (Phi) is 3.89. The van der Waals surface area contributed by atoms with Gasteiger partial charge >= 0.3 is 0 Å². The fourth-order valence-corrected chi connectivity index (χ4v) is 3.29. The van der Waals surface area contributed by atoms with Crippen molar-refractivity contribution in [3.05, 3.63) is 24.3 Å². The molecule has 0 aromatic heterocycles. The number of hydrogen-bond donors (Lipinski definition) is 2. The van der Waals surface area contributed by atoms with Gasteiger partial charge in [-0.05, 0) is 37.6 Å². The number of sulfonamides is 1. The van der Waals surface area contributed by atoms with Crippen LogP contribution in [-0.4, -0.2) is 32.8 Å². The molecule has 100 valence electrons. The van der Waals surface area contributed by atoms with E-state index in [2.05, 4.69) is 4.72 Å². The van der Waals surface area contributed by atoms with Crippen LogP contribution >= 0.6 is 0 Å². The zero-order valence-electron chi connectivity index (χ0n) is 10.2. The van der Waals surface area contributed by atoms with E-state index in [0.29, 0.717) is 13.2 Å². The highest BCUT2D eigenvalue weighted by atomic mass is 32.2. The summed E-state index contributed by atoms with van der Waals surface area (Å²) < 4.78 is 32.0. The predicted molar refractivity (Wildman–Crippen MR) is 66.8 cm³/mol. The molecule has 2 unspecified atom stereocenters. The number of benzene rings is 1. The van der Waals surface area contributed by atoms with Crippen LogP contribution in [-0.2, 0) is 14.8 Å². The second-order valence-electron chi connectivity index (χ2n) is 4.53. The topological polar surface area (TPSA) is 75.6 Å². The smallest absolute Gasteiger partial charge is 0.240 e. The Hall–Kier alpha value is -1.11. The molecule has 1 aliphatic rings. The van der Waals surface area contributed by atoms with Gasteiger partial charge in [0.1, 0.15) is 5.75 Å². The Labute approximate surface area is 107 Å². The SMILES string of the molecule is CC(NS(=O)(=O)c1ccc(O)cc1)C1CCOC1. The van der Waals surface area contributed by atoms with E-state index in [9.17, 15) is 8.42 Å². The Morgan fingerprint density at radius 3 is 2.61 bits per heavy atom. The van der Waals surface area contributed by atoms with Gasteiger partial charge < -0.3 is 9.84 Å². The Balaban J connectivity index is 2.09. The van der Waals surface area contributed by atoms with Crippen LogP contribution in [0, 0.1) is 5.92 Å². The largest absolute Gasteiger partial charge is 0.508 e. The van der Waals surface area contributed by atoms with Crippen molar-refractivity contribution < 1.29 is 18.3 Å². The van der Waals surface area contributed by atoms with Crippen molar-refractivity contribution in [2.24, 2.45) is 5.92 Å². The number of hydrogen-bond acceptors (Lipinski definition) is 4. The van der Waals surface area contributed by atoms with E-state index in [-0.39, 0.29) is 22.6 Å². The van der Waals surface area contributed by atoms with E-state index < -0.39 is 10.0 Å². The lowest BCUT2D eigenvalue weighted by molar-refractivity contribution is 0.180. The highest BCUT2D eigenvalue weighted by Crippen LogP contribution is 2.19. The summed E-state index contributed by atoms with van der Waals surface area (Å²) in [6, 6.07) is 5.33. The third kappa shape index (κ3) is 3.01. The Morgan fingerprint density at radius 2 is 2.06 bits per heavy atom. The van der Waals surface area contributed by atoms with E-state index in [1.54, 1.807) is 0 Å². The van der Waals surface area contributed by atoms with Gasteiger partial charge in [0.2, 0.25) is 10.0 Å². The summed E-state index contributed by atoms with van der Waals surface area (Å²) in [5.74, 6) is 0.267. The Morgan fingerprint density at radius 1 is 1.39 bits per heavy atom. The van der Waals surface area contributed by atoms with Gasteiger partial charge in [0, 0.05) is 18.6 Å². The highest BCUT2D eigenvalue weighted by Gasteiger charge is 2.26. The first kappa shape index (κ1) is 13.3. The van der Waals surface area contributed by atoms with Gasteiger partial charge in [-0.25, -0.2) is 13.1 Å². The van der Waals surface area contributed by atoms with Crippen molar-refractivity contribution in [1.29, 1.82) is 0 Å². The van der Waals surface area contributed by atoms with Crippen molar-refractivity contribution in [2.75, 3.05) is 13.2 Å². The van der Waals surface area contributed by atoms with Gasteiger partial charge in [-0.15, -0.1) is 0 Å². The molecule has 0 spiro atoms. The molecule has 18 heavy (non-hydrogen) atoms. The molecule has 2 rings (SSSR count). The second kappa shape index (κ2) is 5.26. The zero-order valence-corrected chi connectivity index (χ0v) is 11.0. The van der Waals surface area contributed by atoms with Crippen LogP contribution < -0.4 is 4.72 Å². The average molecular weight is 271 g/mol. The number of nitrogens with one attached hydrogen (secondary N) is 1. The van der Waals surface area contributed by atoms with E-state index in [1.807, 2.05) is 6.92 Å². The van der Waals surface area contributed by atoms with Crippen LogP contribution in [0.3, 0.4) is 0 Å². The van der Waals surface area contributed by atoms with Gasteiger partial charge in [-0.1, -0.05) is 0 Å². The lowest BCUT2D eigenvalue weighted by Crippen LogP contribution is -2.38. The van der Waals surface area contributed by atoms with Crippen LogP contribution in [0.15, 0.2) is 29.2 Å². The summed E-state index contributed by atoms with van der Waals surface area (Å²) in [4.78, 5) is 0.158. The molecule has 0 saturated carbocycles. The summed E-state index contributed by atoms with van der Waals surface area (Å²) in [5, 5.41) is 9.15. The van der Waals surface area contributed by atoms with Crippen LogP contribution in [0.2, 0.25) is 0 Å². The fourth-order valence-electron chi connectivity index (χ4n) is 1.98. The molecule has 1 aliphatic heterocycles. The van der Waals surface area contributed by atoms with E-state index in [1.165, 1.54) is 24.3 Å². The molecule has 1 fully saturated rings. The predicted octanol–water partition coefficient (Wildman–Crippen LogP) is 1.10. The lowest BCUT2D eigenvalue weighted by atomic mass is 10.0. The van der Waals surface area contributed by atoms with Gasteiger partial charge in [0.15, 0.2) is 0 Å². The maximum absolute atomic E-state index is 12.1. The monoisotopic (exact) mass is 271 g/mol. The van der Waals surface area contributed by atoms with E-state index >= 15 is 0 Å². The number of phenols is 1. The standard InChI is InChI=1S/C12H17NO4S/c1-9(10-6-7-17-8-10)13-18(15,16)12-4-2-11(14)3-5-12/h2-5,9-10,13-14H,6-8H2,1H3. The maximum Gasteiger partial charge on any atom is 0.240 e. The van der Waals surface area contributed by atoms with Crippen molar-refractivity contribution >= 4 is 10.0 Å². The lowest BCUT2D eigenvalue weighted by Gasteiger charge is -2.19. The molecule has 0 amide bonds. The molecule has 2 atom stereocenters. The zero-order chi connectivity index (χ0) is 13.2. The fraction of sp³-hybridized carbons (Fsp3) is 0.500. The minimum absolute atomic E-state index is 0.0474. The van der Waals surface area contributed by atoms with Crippen LogP contribution in [0.4, 0.5) is 0 Å². The van der Waals surface area contributed by atoms with Crippen molar-refractivity contribution in [3.8, 4) is 5.75 Å². The molecule has 2 N–H and O–H groups in total. The molecule has 6 heteroatoms. The molecule has 1 aromatic carbocycles. The number of rotatable bonds is 4. The summed E-state index contributed by atoms with van der Waals surface area (Å²) in [6.45, 7) is 3.13. The van der Waals surface area contributed by atoms with Gasteiger partial charge in [-0.2, -0.15) is 0 Å². The number of aromatic hydroxyl groups is 1. The molecular weight excluding hydrogens is 254 g/mol. The Bertz CT molecular complexity index is 491. The molecular formula is C12H17NO4S. The third-order valence-electron chi connectivity index (χ3n) is 3.16. The van der Waals surface area contributed by atoms with Crippen LogP contribution in [0.1, 0.15) is 13.3 Å². The quantitative estimate of drug-likeness (QED) is 0.859. The molecule has 0 aliphatic carbocycles. The summed E-state index contributed by atoms with van der Waals surface area (Å²) in [5.41, 5.74) is 0. The van der Waals surface area contributed by atoms with Crippen molar-refractivity contribution in [2.45, 2.75) is 24.3 Å². The second-order valence-corrected chi connectivity index (χ2v) is 6.24. The molecule has 1 saturated heterocycles. The number of phenolic OH excluding ortho intramolecular Hbond substituents is 1. The molecule has 1 heterocycles. The van der Waals surface area contributed by atoms with Crippen molar-refractivity contribution in [1.82, 2.24) is 4.72 Å². The summed E-state index contributed by atoms with van der Waals surface area (Å²) in [7, 11) is -3.53. The summed E-state index contributed by atoms with van der Waals surface area (Å²) in [6.07, 6.45) is 0.874. The first-order valence-electron chi connectivity index (χ1n) is 5.88. The van der Waals surface area contributed by atoms with Crippen LogP contribution in [0.5, 0.6) is 5.75 Å². The molecule has 5 nitrogen and oxygen atoms in total. The maximum atomic E-state index is 12.1. The summed E-state index contributed by atoms with van der Waals surface area (Å²) >= 11 is 0.